The van der Waals surface area contributed by atoms with E-state index in [9.17, 15) is 34.8 Å². The van der Waals surface area contributed by atoms with Gasteiger partial charge in [0.1, 0.15) is 0 Å². The zero-order valence-corrected chi connectivity index (χ0v) is 17.6. The number of hydrogen-bond donors (Lipinski definition) is 1. The molecule has 1 saturated heterocycles. The molecule has 0 aromatic heterocycles. The third kappa shape index (κ3) is 4.25. The summed E-state index contributed by atoms with van der Waals surface area (Å²) in [6.45, 7) is 1.33. The molecule has 1 amide bonds. The van der Waals surface area contributed by atoms with E-state index in [4.69, 9.17) is 11.6 Å². The Morgan fingerprint density at radius 3 is 2.33 bits per heavy atom. The predicted octanol–water partition coefficient (Wildman–Crippen LogP) is 3.53. The molecule has 0 bridgehead atoms. The molecule has 1 N–H and O–H groups in total. The Labute approximate surface area is 175 Å². The highest BCUT2D eigenvalue weighted by Crippen LogP contribution is 2.38. The Balaban J connectivity index is 2.00. The van der Waals surface area contributed by atoms with Gasteiger partial charge in [0.05, 0.1) is 27.6 Å². The molecule has 1 fully saturated rings. The predicted molar refractivity (Wildman–Crippen MR) is 104 cm³/mol. The molecule has 0 radical (unpaired) electrons. The monoisotopic (exact) mass is 482 g/mol. The molecule has 2 aromatic carbocycles. The lowest BCUT2D eigenvalue weighted by molar-refractivity contribution is -0.136. The quantitative estimate of drug-likeness (QED) is 0.718. The second-order valence-electron chi connectivity index (χ2n) is 6.47. The molecule has 30 heavy (non-hydrogen) atoms. The lowest BCUT2D eigenvalue weighted by atomic mass is 10.2. The third-order valence-corrected chi connectivity index (χ3v) is 7.74. The topological polar surface area (TPSA) is 101 Å². The smallest absolute Gasteiger partial charge is 0.279 e. The number of nitrogens with zero attached hydrogens (tertiary/aromatic N) is 1. The maximum atomic E-state index is 13.2. The van der Waals surface area contributed by atoms with Crippen LogP contribution < -0.4 is 9.03 Å². The van der Waals surface area contributed by atoms with Crippen LogP contribution in [0.1, 0.15) is 17.5 Å². The average Bonchev–Trinajstić information content (AvgIpc) is 2.87. The van der Waals surface area contributed by atoms with Gasteiger partial charge in [-0.05, 0) is 48.9 Å². The molecule has 0 spiro atoms. The van der Waals surface area contributed by atoms with Crippen LogP contribution in [0.4, 0.5) is 24.5 Å². The summed E-state index contributed by atoms with van der Waals surface area (Å²) in [6, 6.07) is 5.89. The number of alkyl halides is 3. The summed E-state index contributed by atoms with van der Waals surface area (Å²) in [5.74, 6) is -1.01. The van der Waals surface area contributed by atoms with E-state index in [-0.39, 0.29) is 33.3 Å². The largest absolute Gasteiger partial charge is 0.418 e. The Kier molecular flexibility index (Phi) is 5.54. The van der Waals surface area contributed by atoms with E-state index in [1.165, 1.54) is 13.0 Å². The van der Waals surface area contributed by atoms with Crippen LogP contribution in [0.5, 0.6) is 0 Å². The summed E-state index contributed by atoms with van der Waals surface area (Å²) in [6.07, 6.45) is -5.05. The van der Waals surface area contributed by atoms with E-state index < -0.39 is 43.4 Å². The van der Waals surface area contributed by atoms with Crippen molar-refractivity contribution in [1.29, 1.82) is 0 Å². The maximum absolute atomic E-state index is 13.2. The molecule has 1 heterocycles. The zero-order chi connectivity index (χ0) is 22.5. The van der Waals surface area contributed by atoms with Crippen molar-refractivity contribution in [3.63, 3.8) is 0 Å². The van der Waals surface area contributed by atoms with Crippen molar-refractivity contribution < 1.29 is 34.8 Å². The number of carbonyl (C=O) groups excluding carboxylic acids is 1. The van der Waals surface area contributed by atoms with Crippen LogP contribution in [0.25, 0.3) is 0 Å². The minimum atomic E-state index is -4.86. The molecule has 0 aliphatic carbocycles. The second-order valence-corrected chi connectivity index (χ2v) is 10.5. The van der Waals surface area contributed by atoms with Crippen molar-refractivity contribution in [3.05, 3.63) is 52.5 Å². The highest BCUT2D eigenvalue weighted by Gasteiger charge is 2.37. The SMILES string of the molecule is Cc1cc(N2C(=O)CCS2(=O)=O)ccc1S(=O)(=O)Nc1ccc(Cl)cc1C(F)(F)F. The first-order valence-corrected chi connectivity index (χ1v) is 11.8. The highest BCUT2D eigenvalue weighted by molar-refractivity contribution is 7.94. The zero-order valence-electron chi connectivity index (χ0n) is 15.2. The van der Waals surface area contributed by atoms with Crippen LogP contribution in [0.3, 0.4) is 0 Å². The van der Waals surface area contributed by atoms with Crippen LogP contribution in [-0.2, 0) is 31.0 Å². The molecule has 3 rings (SSSR count). The lowest BCUT2D eigenvalue weighted by Crippen LogP contribution is -2.29. The molecule has 0 saturated carbocycles. The molecule has 7 nitrogen and oxygen atoms in total. The van der Waals surface area contributed by atoms with Crippen molar-refractivity contribution in [3.8, 4) is 0 Å². The van der Waals surface area contributed by atoms with Crippen LogP contribution in [0.15, 0.2) is 41.3 Å². The number of anilines is 2. The molecule has 162 valence electrons. The average molecular weight is 483 g/mol. The van der Waals surface area contributed by atoms with Gasteiger partial charge in [-0.15, -0.1) is 0 Å². The van der Waals surface area contributed by atoms with Crippen LogP contribution >= 0.6 is 11.6 Å². The Hall–Kier alpha value is -2.31. The fraction of sp³-hybridized carbons (Fsp3) is 0.235. The lowest BCUT2D eigenvalue weighted by Gasteiger charge is -2.18. The first-order chi connectivity index (χ1) is 13.7. The van der Waals surface area contributed by atoms with Crippen molar-refractivity contribution in [1.82, 2.24) is 0 Å². The van der Waals surface area contributed by atoms with Crippen molar-refractivity contribution in [2.24, 2.45) is 0 Å². The number of carbonyl (C=O) groups is 1. The number of amides is 1. The molecule has 1 aliphatic rings. The highest BCUT2D eigenvalue weighted by atomic mass is 35.5. The number of halogens is 4. The van der Waals surface area contributed by atoms with Crippen molar-refractivity contribution >= 4 is 48.9 Å². The maximum Gasteiger partial charge on any atom is 0.418 e. The van der Waals surface area contributed by atoms with Crippen molar-refractivity contribution in [2.75, 3.05) is 14.8 Å². The Morgan fingerprint density at radius 1 is 1.13 bits per heavy atom. The number of sulfonamides is 2. The number of rotatable bonds is 4. The summed E-state index contributed by atoms with van der Waals surface area (Å²) in [5.41, 5.74) is -1.98. The standard InChI is InChI=1S/C17H14ClF3N2O5S2/c1-10-8-12(23-16(24)6-7-29(23,25)26)3-5-15(10)30(27,28)22-14-4-2-11(18)9-13(14)17(19,20)21/h2-5,8-9,22H,6-7H2,1H3. The first kappa shape index (κ1) is 22.4. The number of nitrogens with one attached hydrogen (secondary N) is 1. The summed E-state index contributed by atoms with van der Waals surface area (Å²) >= 11 is 5.59. The van der Waals surface area contributed by atoms with Gasteiger partial charge in [-0.2, -0.15) is 13.2 Å². The van der Waals surface area contributed by atoms with E-state index in [2.05, 4.69) is 0 Å². The second kappa shape index (κ2) is 7.43. The van der Waals surface area contributed by atoms with Gasteiger partial charge in [-0.3, -0.25) is 9.52 Å². The summed E-state index contributed by atoms with van der Waals surface area (Å²) in [4.78, 5) is 11.5. The normalized spacial score (nSPS) is 16.7. The van der Waals surface area contributed by atoms with Gasteiger partial charge < -0.3 is 0 Å². The molecule has 0 unspecified atom stereocenters. The molecule has 1 aliphatic heterocycles. The summed E-state index contributed by atoms with van der Waals surface area (Å²) in [7, 11) is -8.32. The molecule has 0 atom stereocenters. The minimum absolute atomic E-state index is 0.0393. The molecular weight excluding hydrogens is 469 g/mol. The molecule has 2 aromatic rings. The fourth-order valence-corrected chi connectivity index (χ4v) is 5.90. The minimum Gasteiger partial charge on any atom is -0.279 e. The summed E-state index contributed by atoms with van der Waals surface area (Å²) < 4.78 is 91.6. The van der Waals surface area contributed by atoms with Crippen molar-refractivity contribution in [2.45, 2.75) is 24.4 Å². The van der Waals surface area contributed by atoms with E-state index in [0.29, 0.717) is 10.4 Å². The van der Waals surface area contributed by atoms with Gasteiger partial charge in [0, 0.05) is 11.4 Å². The molecular formula is C17H14ClF3N2O5S2. The number of hydrogen-bond acceptors (Lipinski definition) is 5. The van der Waals surface area contributed by atoms with E-state index in [1.54, 1.807) is 0 Å². The van der Waals surface area contributed by atoms with Gasteiger partial charge in [-0.25, -0.2) is 21.1 Å². The van der Waals surface area contributed by atoms with Gasteiger partial charge in [0.15, 0.2) is 0 Å². The Morgan fingerprint density at radius 2 is 1.80 bits per heavy atom. The van der Waals surface area contributed by atoms with E-state index in [0.717, 1.165) is 24.3 Å². The third-order valence-electron chi connectivity index (χ3n) is 4.29. The van der Waals surface area contributed by atoms with E-state index >= 15 is 0 Å². The van der Waals surface area contributed by atoms with Gasteiger partial charge >= 0.3 is 6.18 Å². The van der Waals surface area contributed by atoms with Gasteiger partial charge in [0.25, 0.3) is 10.0 Å². The number of aryl methyl sites for hydroxylation is 1. The Bertz CT molecular complexity index is 1240. The van der Waals surface area contributed by atoms with Crippen LogP contribution in [0, 0.1) is 6.92 Å². The van der Waals surface area contributed by atoms with E-state index in [1.807, 2.05) is 4.72 Å². The summed E-state index contributed by atoms with van der Waals surface area (Å²) in [5, 5.41) is -0.220. The van der Waals surface area contributed by atoms with Crippen LogP contribution in [0.2, 0.25) is 5.02 Å². The van der Waals surface area contributed by atoms with Gasteiger partial charge in [0.2, 0.25) is 15.9 Å². The first-order valence-electron chi connectivity index (χ1n) is 8.28. The fourth-order valence-electron chi connectivity index (χ4n) is 2.97. The van der Waals surface area contributed by atoms with Crippen LogP contribution in [-0.4, -0.2) is 28.5 Å². The van der Waals surface area contributed by atoms with Gasteiger partial charge in [-0.1, -0.05) is 11.6 Å². The number of benzene rings is 2. The molecule has 13 heteroatoms.